The van der Waals surface area contributed by atoms with Crippen LogP contribution >= 0.6 is 0 Å². The zero-order valence-corrected chi connectivity index (χ0v) is 12.8. The van der Waals surface area contributed by atoms with Gasteiger partial charge in [-0.25, -0.2) is 0 Å². The van der Waals surface area contributed by atoms with Crippen LogP contribution in [-0.4, -0.2) is 31.4 Å². The molecule has 0 fully saturated rings. The SMILES string of the molecule is COC[C@H](C)NC(=O)[C@@H](C#N)C(=O)c1ccc(C)c(C)c1. The first-order chi connectivity index (χ1) is 9.90. The molecule has 2 atom stereocenters. The number of methoxy groups -OCH3 is 1. The fourth-order valence-electron chi connectivity index (χ4n) is 1.92. The van der Waals surface area contributed by atoms with E-state index in [0.717, 1.165) is 11.1 Å². The fraction of sp³-hybridized carbons (Fsp3) is 0.438. The maximum absolute atomic E-state index is 12.3. The quantitative estimate of drug-likeness (QED) is 0.639. The molecule has 1 amide bonds. The molecule has 0 radical (unpaired) electrons. The summed E-state index contributed by atoms with van der Waals surface area (Å²) in [6, 6.07) is 6.67. The summed E-state index contributed by atoms with van der Waals surface area (Å²) in [4.78, 5) is 24.3. The van der Waals surface area contributed by atoms with Crippen LogP contribution in [0.2, 0.25) is 0 Å². The predicted molar refractivity (Wildman–Crippen MR) is 78.8 cm³/mol. The third-order valence-corrected chi connectivity index (χ3v) is 3.25. The highest BCUT2D eigenvalue weighted by atomic mass is 16.5. The number of carbonyl (C=O) groups is 2. The van der Waals surface area contributed by atoms with Gasteiger partial charge in [-0.2, -0.15) is 5.26 Å². The van der Waals surface area contributed by atoms with Gasteiger partial charge in [0.15, 0.2) is 11.7 Å². The molecule has 0 heterocycles. The topological polar surface area (TPSA) is 79.2 Å². The van der Waals surface area contributed by atoms with E-state index in [1.807, 2.05) is 19.9 Å². The van der Waals surface area contributed by atoms with Crippen molar-refractivity contribution < 1.29 is 14.3 Å². The van der Waals surface area contributed by atoms with Crippen molar-refractivity contribution in [1.82, 2.24) is 5.32 Å². The lowest BCUT2D eigenvalue weighted by molar-refractivity contribution is -0.123. The summed E-state index contributed by atoms with van der Waals surface area (Å²) in [5.74, 6) is -2.42. The Kier molecular flexibility index (Phi) is 6.07. The molecule has 0 aromatic heterocycles. The maximum Gasteiger partial charge on any atom is 0.245 e. The van der Waals surface area contributed by atoms with Crippen LogP contribution in [0.15, 0.2) is 18.2 Å². The second-order valence-electron chi connectivity index (χ2n) is 5.09. The second-order valence-corrected chi connectivity index (χ2v) is 5.09. The summed E-state index contributed by atoms with van der Waals surface area (Å²) < 4.78 is 4.91. The normalized spacial score (nSPS) is 13.1. The zero-order chi connectivity index (χ0) is 16.0. The van der Waals surface area contributed by atoms with E-state index in [9.17, 15) is 9.59 Å². The van der Waals surface area contributed by atoms with E-state index in [-0.39, 0.29) is 6.04 Å². The molecule has 0 spiro atoms. The van der Waals surface area contributed by atoms with Gasteiger partial charge in [0.05, 0.1) is 12.7 Å². The number of hydrogen-bond donors (Lipinski definition) is 1. The molecule has 0 aliphatic carbocycles. The highest BCUT2D eigenvalue weighted by Crippen LogP contribution is 2.14. The minimum atomic E-state index is -1.34. The molecule has 1 N–H and O–H groups in total. The maximum atomic E-state index is 12.3. The first-order valence-corrected chi connectivity index (χ1v) is 6.71. The van der Waals surface area contributed by atoms with Gasteiger partial charge in [0.1, 0.15) is 0 Å². The number of amides is 1. The summed E-state index contributed by atoms with van der Waals surface area (Å²) in [5, 5.41) is 11.7. The van der Waals surface area contributed by atoms with Crippen molar-refractivity contribution in [2.24, 2.45) is 5.92 Å². The number of Topliss-reactive ketones (excluding diaryl/α,β-unsaturated/α-hetero) is 1. The van der Waals surface area contributed by atoms with Gasteiger partial charge in [-0.15, -0.1) is 0 Å². The predicted octanol–water partition coefficient (Wildman–Crippen LogP) is 1.78. The lowest BCUT2D eigenvalue weighted by atomic mass is 9.95. The molecule has 1 aromatic rings. The Hall–Kier alpha value is -2.19. The molecule has 5 nitrogen and oxygen atoms in total. The number of benzene rings is 1. The Morgan fingerprint density at radius 1 is 1.33 bits per heavy atom. The Bertz CT molecular complexity index is 575. The van der Waals surface area contributed by atoms with Crippen LogP contribution in [0.5, 0.6) is 0 Å². The first-order valence-electron chi connectivity index (χ1n) is 6.71. The summed E-state index contributed by atoms with van der Waals surface area (Å²) in [7, 11) is 1.52. The van der Waals surface area contributed by atoms with Crippen molar-refractivity contribution in [2.75, 3.05) is 13.7 Å². The largest absolute Gasteiger partial charge is 0.383 e. The Morgan fingerprint density at radius 3 is 2.52 bits per heavy atom. The summed E-state index contributed by atoms with van der Waals surface area (Å²) >= 11 is 0. The monoisotopic (exact) mass is 288 g/mol. The van der Waals surface area contributed by atoms with Crippen molar-refractivity contribution >= 4 is 11.7 Å². The number of hydrogen-bond acceptors (Lipinski definition) is 4. The molecule has 1 rings (SSSR count). The smallest absolute Gasteiger partial charge is 0.245 e. The van der Waals surface area contributed by atoms with E-state index in [2.05, 4.69) is 5.32 Å². The Balaban J connectivity index is 2.89. The lowest BCUT2D eigenvalue weighted by Crippen LogP contribution is -2.41. The number of ether oxygens (including phenoxy) is 1. The van der Waals surface area contributed by atoms with E-state index in [1.54, 1.807) is 25.1 Å². The van der Waals surface area contributed by atoms with Crippen LogP contribution in [-0.2, 0) is 9.53 Å². The molecule has 112 valence electrons. The van der Waals surface area contributed by atoms with Crippen LogP contribution in [0.1, 0.15) is 28.4 Å². The molecule has 1 aromatic carbocycles. The van der Waals surface area contributed by atoms with E-state index < -0.39 is 17.6 Å². The number of ketones is 1. The molecule has 0 unspecified atom stereocenters. The van der Waals surface area contributed by atoms with Crippen molar-refractivity contribution in [3.63, 3.8) is 0 Å². The minimum absolute atomic E-state index is 0.258. The van der Waals surface area contributed by atoms with Gasteiger partial charge >= 0.3 is 0 Å². The van der Waals surface area contributed by atoms with Crippen LogP contribution in [0.4, 0.5) is 0 Å². The van der Waals surface area contributed by atoms with Crippen molar-refractivity contribution in [2.45, 2.75) is 26.8 Å². The van der Waals surface area contributed by atoms with Gasteiger partial charge in [-0.1, -0.05) is 12.1 Å². The molecule has 21 heavy (non-hydrogen) atoms. The van der Waals surface area contributed by atoms with Gasteiger partial charge < -0.3 is 10.1 Å². The molecule has 0 aliphatic heterocycles. The van der Waals surface area contributed by atoms with Crippen LogP contribution in [0.25, 0.3) is 0 Å². The van der Waals surface area contributed by atoms with Gasteiger partial charge in [0, 0.05) is 18.7 Å². The van der Waals surface area contributed by atoms with Gasteiger partial charge in [0.25, 0.3) is 0 Å². The Labute approximate surface area is 124 Å². The minimum Gasteiger partial charge on any atom is -0.383 e. The fourth-order valence-corrected chi connectivity index (χ4v) is 1.92. The van der Waals surface area contributed by atoms with Gasteiger partial charge in [0.2, 0.25) is 5.91 Å². The average Bonchev–Trinajstić information content (AvgIpc) is 2.42. The molecule has 0 aliphatic rings. The van der Waals surface area contributed by atoms with Crippen molar-refractivity contribution in [3.8, 4) is 6.07 Å². The van der Waals surface area contributed by atoms with Gasteiger partial charge in [-0.05, 0) is 38.0 Å². The molecular formula is C16H20N2O3. The summed E-state index contributed by atoms with van der Waals surface area (Å²) in [6.45, 7) is 5.89. The van der Waals surface area contributed by atoms with E-state index in [1.165, 1.54) is 7.11 Å². The molecule has 5 heteroatoms. The Morgan fingerprint density at radius 2 is 2.00 bits per heavy atom. The summed E-state index contributed by atoms with van der Waals surface area (Å²) in [6.07, 6.45) is 0. The third-order valence-electron chi connectivity index (χ3n) is 3.25. The number of nitrogens with one attached hydrogen (secondary N) is 1. The second kappa shape index (κ2) is 7.55. The number of carbonyl (C=O) groups excluding carboxylic acids is 2. The van der Waals surface area contributed by atoms with E-state index in [0.29, 0.717) is 12.2 Å². The lowest BCUT2D eigenvalue weighted by Gasteiger charge is -2.15. The zero-order valence-electron chi connectivity index (χ0n) is 12.8. The van der Waals surface area contributed by atoms with Crippen LogP contribution < -0.4 is 5.32 Å². The third kappa shape index (κ3) is 4.40. The van der Waals surface area contributed by atoms with Crippen molar-refractivity contribution in [3.05, 3.63) is 34.9 Å². The molecule has 0 saturated heterocycles. The number of nitriles is 1. The summed E-state index contributed by atoms with van der Waals surface area (Å²) in [5.41, 5.74) is 2.38. The van der Waals surface area contributed by atoms with Crippen molar-refractivity contribution in [1.29, 1.82) is 5.26 Å². The van der Waals surface area contributed by atoms with E-state index >= 15 is 0 Å². The highest BCUT2D eigenvalue weighted by Gasteiger charge is 2.28. The van der Waals surface area contributed by atoms with Crippen LogP contribution in [0.3, 0.4) is 0 Å². The molecule has 0 bridgehead atoms. The molecular weight excluding hydrogens is 268 g/mol. The van der Waals surface area contributed by atoms with Crippen LogP contribution in [0, 0.1) is 31.1 Å². The van der Waals surface area contributed by atoms with Gasteiger partial charge in [-0.3, -0.25) is 9.59 Å². The first kappa shape index (κ1) is 16.9. The standard InChI is InChI=1S/C16H20N2O3/c1-10-5-6-13(7-11(10)2)15(19)14(8-17)16(20)18-12(3)9-21-4/h5-7,12,14H,9H2,1-4H3,(H,18,20)/t12-,14-/m0/s1. The molecule has 0 saturated carbocycles. The highest BCUT2D eigenvalue weighted by molar-refractivity contribution is 6.12. The van der Waals surface area contributed by atoms with E-state index in [4.69, 9.17) is 10.00 Å². The number of nitrogens with zero attached hydrogens (tertiary/aromatic N) is 1. The number of aryl methyl sites for hydroxylation is 2. The average molecular weight is 288 g/mol. The number of rotatable bonds is 6.